The largest absolute Gasteiger partial charge is 0.448 e. The average molecular weight is 199 g/mol. The molecule has 1 saturated carbocycles. The van der Waals surface area contributed by atoms with E-state index < -0.39 is 0 Å². The predicted octanol–water partition coefficient (Wildman–Crippen LogP) is 0.990. The minimum atomic E-state index is -0.190. The third kappa shape index (κ3) is 2.18. The summed E-state index contributed by atoms with van der Waals surface area (Å²) in [7, 11) is 0. The van der Waals surface area contributed by atoms with E-state index in [1.54, 1.807) is 4.90 Å². The quantitative estimate of drug-likeness (QED) is 0.721. The van der Waals surface area contributed by atoms with Crippen LogP contribution >= 0.6 is 0 Å². The van der Waals surface area contributed by atoms with Crippen LogP contribution in [0, 0.1) is 5.92 Å². The van der Waals surface area contributed by atoms with Crippen molar-refractivity contribution in [2.24, 2.45) is 5.92 Å². The van der Waals surface area contributed by atoms with Crippen LogP contribution in [0.2, 0.25) is 0 Å². The second-order valence-corrected chi connectivity index (χ2v) is 4.25. The Kier molecular flexibility index (Phi) is 2.91. The summed E-state index contributed by atoms with van der Waals surface area (Å²) >= 11 is 0. The van der Waals surface area contributed by atoms with Crippen molar-refractivity contribution in [3.05, 3.63) is 0 Å². The molecule has 4 nitrogen and oxygen atoms in total. The SMILES string of the molecule is O=C1OCCN1CC1CCCC(O)C1. The molecule has 0 aromatic heterocycles. The highest BCUT2D eigenvalue weighted by Crippen LogP contribution is 2.25. The minimum Gasteiger partial charge on any atom is -0.448 e. The van der Waals surface area contributed by atoms with Gasteiger partial charge in [-0.2, -0.15) is 0 Å². The molecule has 1 heterocycles. The highest BCUT2D eigenvalue weighted by molar-refractivity contribution is 5.69. The zero-order valence-electron chi connectivity index (χ0n) is 8.32. The summed E-state index contributed by atoms with van der Waals surface area (Å²) in [5, 5.41) is 9.48. The molecule has 0 spiro atoms. The van der Waals surface area contributed by atoms with Crippen LogP contribution in [0.3, 0.4) is 0 Å². The standard InChI is InChI=1S/C10H17NO3/c12-9-3-1-2-8(6-9)7-11-4-5-14-10(11)13/h8-9,12H,1-7H2. The van der Waals surface area contributed by atoms with Gasteiger partial charge < -0.3 is 14.7 Å². The fourth-order valence-electron chi connectivity index (χ4n) is 2.33. The number of nitrogens with zero attached hydrogens (tertiary/aromatic N) is 1. The molecular weight excluding hydrogens is 182 g/mol. The fraction of sp³-hybridized carbons (Fsp3) is 0.900. The van der Waals surface area contributed by atoms with Gasteiger partial charge in [0.2, 0.25) is 0 Å². The van der Waals surface area contributed by atoms with Gasteiger partial charge in [-0.3, -0.25) is 0 Å². The van der Waals surface area contributed by atoms with Gasteiger partial charge >= 0.3 is 6.09 Å². The van der Waals surface area contributed by atoms with Crippen molar-refractivity contribution in [2.75, 3.05) is 19.7 Å². The van der Waals surface area contributed by atoms with Gasteiger partial charge in [-0.1, -0.05) is 6.42 Å². The number of aliphatic hydroxyl groups is 1. The molecule has 14 heavy (non-hydrogen) atoms. The van der Waals surface area contributed by atoms with Gasteiger partial charge in [0.25, 0.3) is 0 Å². The van der Waals surface area contributed by atoms with Gasteiger partial charge in [0.15, 0.2) is 0 Å². The monoisotopic (exact) mass is 199 g/mol. The third-order valence-electron chi connectivity index (χ3n) is 3.08. The van der Waals surface area contributed by atoms with Crippen molar-refractivity contribution >= 4 is 6.09 Å². The van der Waals surface area contributed by atoms with E-state index in [0.717, 1.165) is 32.2 Å². The van der Waals surface area contributed by atoms with Gasteiger partial charge in [-0.15, -0.1) is 0 Å². The van der Waals surface area contributed by atoms with Crippen LogP contribution in [0.5, 0.6) is 0 Å². The van der Waals surface area contributed by atoms with E-state index in [9.17, 15) is 9.90 Å². The second-order valence-electron chi connectivity index (χ2n) is 4.25. The number of amides is 1. The molecule has 2 aliphatic rings. The minimum absolute atomic E-state index is 0.160. The molecule has 0 bridgehead atoms. The highest BCUT2D eigenvalue weighted by atomic mass is 16.6. The van der Waals surface area contributed by atoms with Crippen LogP contribution in [-0.4, -0.2) is 41.9 Å². The maximum atomic E-state index is 11.2. The van der Waals surface area contributed by atoms with E-state index in [-0.39, 0.29) is 12.2 Å². The molecule has 1 N–H and O–H groups in total. The number of hydrogen-bond acceptors (Lipinski definition) is 3. The first-order valence-corrected chi connectivity index (χ1v) is 5.35. The number of ether oxygens (including phenoxy) is 1. The molecule has 1 saturated heterocycles. The summed E-state index contributed by atoms with van der Waals surface area (Å²) < 4.78 is 4.86. The van der Waals surface area contributed by atoms with E-state index in [1.165, 1.54) is 0 Å². The van der Waals surface area contributed by atoms with Crippen molar-refractivity contribution in [2.45, 2.75) is 31.8 Å². The van der Waals surface area contributed by atoms with Gasteiger partial charge in [-0.05, 0) is 25.2 Å². The number of hydrogen-bond donors (Lipinski definition) is 1. The molecule has 0 radical (unpaired) electrons. The fourth-order valence-corrected chi connectivity index (χ4v) is 2.33. The Balaban J connectivity index is 1.81. The molecule has 4 heteroatoms. The van der Waals surface area contributed by atoms with Gasteiger partial charge in [-0.25, -0.2) is 4.79 Å². The lowest BCUT2D eigenvalue weighted by atomic mass is 9.87. The lowest BCUT2D eigenvalue weighted by Crippen LogP contribution is -2.33. The smallest absolute Gasteiger partial charge is 0.409 e. The van der Waals surface area contributed by atoms with Crippen LogP contribution in [0.4, 0.5) is 4.79 Å². The zero-order valence-corrected chi connectivity index (χ0v) is 8.32. The summed E-state index contributed by atoms with van der Waals surface area (Å²) in [6.45, 7) is 2.00. The summed E-state index contributed by atoms with van der Waals surface area (Å²) in [6, 6.07) is 0. The first-order valence-electron chi connectivity index (χ1n) is 5.35. The summed E-state index contributed by atoms with van der Waals surface area (Å²) in [6.07, 6.45) is 3.61. The van der Waals surface area contributed by atoms with Crippen molar-refractivity contribution in [1.29, 1.82) is 0 Å². The number of aliphatic hydroxyl groups excluding tert-OH is 1. The number of carbonyl (C=O) groups excluding carboxylic acids is 1. The molecule has 2 rings (SSSR count). The maximum Gasteiger partial charge on any atom is 0.409 e. The summed E-state index contributed by atoms with van der Waals surface area (Å²) in [4.78, 5) is 12.9. The van der Waals surface area contributed by atoms with E-state index in [2.05, 4.69) is 0 Å². The number of rotatable bonds is 2. The lowest BCUT2D eigenvalue weighted by Gasteiger charge is -2.28. The van der Waals surface area contributed by atoms with Crippen molar-refractivity contribution in [3.63, 3.8) is 0 Å². The Morgan fingerprint density at radius 2 is 2.36 bits per heavy atom. The third-order valence-corrected chi connectivity index (χ3v) is 3.08. The van der Waals surface area contributed by atoms with Crippen molar-refractivity contribution in [1.82, 2.24) is 4.90 Å². The highest BCUT2D eigenvalue weighted by Gasteiger charge is 2.27. The molecule has 1 aliphatic heterocycles. The molecule has 2 fully saturated rings. The molecule has 0 aromatic carbocycles. The average Bonchev–Trinajstić information content (AvgIpc) is 2.52. The Morgan fingerprint density at radius 1 is 1.50 bits per heavy atom. The van der Waals surface area contributed by atoms with Crippen LogP contribution in [0.15, 0.2) is 0 Å². The summed E-state index contributed by atoms with van der Waals surface area (Å²) in [5.74, 6) is 0.462. The Bertz CT molecular complexity index is 219. The van der Waals surface area contributed by atoms with Gasteiger partial charge in [0.1, 0.15) is 6.61 Å². The second kappa shape index (κ2) is 4.17. The van der Waals surface area contributed by atoms with Crippen LogP contribution in [0.25, 0.3) is 0 Å². The molecule has 1 aliphatic carbocycles. The zero-order chi connectivity index (χ0) is 9.97. The van der Waals surface area contributed by atoms with Crippen LogP contribution in [-0.2, 0) is 4.74 Å². The molecule has 80 valence electrons. The Hall–Kier alpha value is -0.770. The van der Waals surface area contributed by atoms with Gasteiger partial charge in [0.05, 0.1) is 12.6 Å². The number of cyclic esters (lactones) is 1. The van der Waals surface area contributed by atoms with E-state index in [0.29, 0.717) is 19.1 Å². The normalized spacial score (nSPS) is 33.2. The Morgan fingerprint density at radius 3 is 3.00 bits per heavy atom. The maximum absolute atomic E-state index is 11.2. The van der Waals surface area contributed by atoms with Gasteiger partial charge in [0, 0.05) is 6.54 Å². The molecular formula is C10H17NO3. The van der Waals surface area contributed by atoms with Crippen molar-refractivity contribution < 1.29 is 14.6 Å². The predicted molar refractivity (Wildman–Crippen MR) is 50.9 cm³/mol. The van der Waals surface area contributed by atoms with Crippen LogP contribution < -0.4 is 0 Å². The first-order chi connectivity index (χ1) is 6.75. The Labute approximate surface area is 83.8 Å². The number of carbonyl (C=O) groups is 1. The van der Waals surface area contributed by atoms with E-state index in [1.807, 2.05) is 0 Å². The molecule has 0 aromatic rings. The molecule has 2 atom stereocenters. The topological polar surface area (TPSA) is 49.8 Å². The van der Waals surface area contributed by atoms with Crippen LogP contribution in [0.1, 0.15) is 25.7 Å². The van der Waals surface area contributed by atoms with E-state index >= 15 is 0 Å². The summed E-state index contributed by atoms with van der Waals surface area (Å²) in [5.41, 5.74) is 0. The lowest BCUT2D eigenvalue weighted by molar-refractivity contribution is 0.0883. The van der Waals surface area contributed by atoms with E-state index in [4.69, 9.17) is 4.74 Å². The van der Waals surface area contributed by atoms with Crippen molar-refractivity contribution in [3.8, 4) is 0 Å². The first kappa shape index (κ1) is 9.77. The molecule has 1 amide bonds. The molecule has 2 unspecified atom stereocenters.